The lowest BCUT2D eigenvalue weighted by atomic mass is 10.2. The predicted molar refractivity (Wildman–Crippen MR) is 117 cm³/mol. The van der Waals surface area contributed by atoms with Gasteiger partial charge >= 0.3 is 6.01 Å². The minimum absolute atomic E-state index is 0.186. The predicted octanol–water partition coefficient (Wildman–Crippen LogP) is 5.04. The highest BCUT2D eigenvalue weighted by atomic mass is 35.5. The number of anilines is 2. The van der Waals surface area contributed by atoms with Crippen LogP contribution in [-0.4, -0.2) is 48.2 Å². The summed E-state index contributed by atoms with van der Waals surface area (Å²) in [5, 5.41) is 4.07. The van der Waals surface area contributed by atoms with Crippen molar-refractivity contribution >= 4 is 34.0 Å². The molecule has 1 aromatic heterocycles. The van der Waals surface area contributed by atoms with E-state index >= 15 is 0 Å². The van der Waals surface area contributed by atoms with Gasteiger partial charge in [-0.1, -0.05) is 11.6 Å². The minimum Gasteiger partial charge on any atom is -0.493 e. The van der Waals surface area contributed by atoms with Gasteiger partial charge in [0.2, 0.25) is 0 Å². The molecule has 1 saturated heterocycles. The lowest BCUT2D eigenvalue weighted by Gasteiger charge is -2.15. The Morgan fingerprint density at radius 3 is 2.73 bits per heavy atom. The molecule has 2 aromatic carbocycles. The highest BCUT2D eigenvalue weighted by Crippen LogP contribution is 2.30. The van der Waals surface area contributed by atoms with E-state index in [2.05, 4.69) is 20.2 Å². The zero-order valence-corrected chi connectivity index (χ0v) is 17.6. The summed E-state index contributed by atoms with van der Waals surface area (Å²) in [5.41, 5.74) is 0.916. The van der Waals surface area contributed by atoms with Gasteiger partial charge in [0.15, 0.2) is 0 Å². The van der Waals surface area contributed by atoms with E-state index in [0.29, 0.717) is 23.0 Å². The Balaban J connectivity index is 1.51. The first-order valence-electron chi connectivity index (χ1n) is 10.1. The van der Waals surface area contributed by atoms with E-state index in [4.69, 9.17) is 21.1 Å². The molecular weight excluding hydrogens is 407 g/mol. The molecule has 1 N–H and O–H groups in total. The second kappa shape index (κ2) is 9.45. The van der Waals surface area contributed by atoms with Gasteiger partial charge in [0.05, 0.1) is 24.9 Å². The highest BCUT2D eigenvalue weighted by Gasteiger charge is 2.13. The van der Waals surface area contributed by atoms with Crippen molar-refractivity contribution < 1.29 is 13.9 Å². The van der Waals surface area contributed by atoms with Crippen LogP contribution in [0.5, 0.6) is 11.8 Å². The van der Waals surface area contributed by atoms with Crippen LogP contribution < -0.4 is 14.8 Å². The molecule has 0 unspecified atom stereocenters. The van der Waals surface area contributed by atoms with Crippen molar-refractivity contribution in [3.05, 3.63) is 47.2 Å². The maximum atomic E-state index is 14.2. The van der Waals surface area contributed by atoms with Crippen LogP contribution in [0.3, 0.4) is 0 Å². The molecule has 1 aliphatic rings. The second-order valence-electron chi connectivity index (χ2n) is 7.24. The second-order valence-corrected chi connectivity index (χ2v) is 7.67. The summed E-state index contributed by atoms with van der Waals surface area (Å²) in [5.74, 6) is 0.707. The Hall–Kier alpha value is -2.64. The number of halogens is 2. The maximum Gasteiger partial charge on any atom is 0.318 e. The number of hydrogen-bond acceptors (Lipinski definition) is 6. The molecule has 0 spiro atoms. The maximum absolute atomic E-state index is 14.2. The normalized spacial score (nSPS) is 14.2. The summed E-state index contributed by atoms with van der Waals surface area (Å²) in [4.78, 5) is 11.2. The van der Waals surface area contributed by atoms with Gasteiger partial charge in [0.1, 0.15) is 17.4 Å². The van der Waals surface area contributed by atoms with Crippen molar-refractivity contribution in [2.24, 2.45) is 0 Å². The van der Waals surface area contributed by atoms with Crippen molar-refractivity contribution in [1.29, 1.82) is 0 Å². The van der Waals surface area contributed by atoms with Crippen molar-refractivity contribution in [3.63, 3.8) is 0 Å². The minimum atomic E-state index is -0.466. The number of nitrogens with zero attached hydrogens (tertiary/aromatic N) is 3. The van der Waals surface area contributed by atoms with Gasteiger partial charge in [-0.3, -0.25) is 0 Å². The average Bonchev–Trinajstić information content (AvgIpc) is 3.26. The Morgan fingerprint density at radius 2 is 1.97 bits per heavy atom. The third-order valence-corrected chi connectivity index (χ3v) is 5.34. The summed E-state index contributed by atoms with van der Waals surface area (Å²) < 4.78 is 25.4. The molecule has 0 saturated carbocycles. The third kappa shape index (κ3) is 4.91. The highest BCUT2D eigenvalue weighted by molar-refractivity contribution is 6.30. The zero-order valence-electron chi connectivity index (χ0n) is 16.8. The zero-order chi connectivity index (χ0) is 20.9. The first kappa shape index (κ1) is 20.6. The van der Waals surface area contributed by atoms with Gasteiger partial charge in [-0.15, -0.1) is 0 Å². The molecular formula is C22H24ClFN4O2. The fourth-order valence-electron chi connectivity index (χ4n) is 3.57. The van der Waals surface area contributed by atoms with E-state index in [-0.39, 0.29) is 11.7 Å². The molecule has 0 radical (unpaired) electrons. The van der Waals surface area contributed by atoms with Crippen molar-refractivity contribution in [3.8, 4) is 11.8 Å². The monoisotopic (exact) mass is 430 g/mol. The molecule has 158 valence electrons. The molecule has 3 aromatic rings. The third-order valence-electron chi connectivity index (χ3n) is 5.10. The van der Waals surface area contributed by atoms with Crippen LogP contribution >= 0.6 is 11.6 Å². The quantitative estimate of drug-likeness (QED) is 0.505. The fourth-order valence-corrected chi connectivity index (χ4v) is 3.73. The summed E-state index contributed by atoms with van der Waals surface area (Å²) in [6.45, 7) is 4.09. The van der Waals surface area contributed by atoms with E-state index in [1.165, 1.54) is 39.1 Å². The molecule has 1 fully saturated rings. The van der Waals surface area contributed by atoms with Gasteiger partial charge in [0.25, 0.3) is 0 Å². The molecule has 1 aliphatic heterocycles. The van der Waals surface area contributed by atoms with E-state index < -0.39 is 5.82 Å². The largest absolute Gasteiger partial charge is 0.493 e. The van der Waals surface area contributed by atoms with E-state index in [0.717, 1.165) is 24.1 Å². The van der Waals surface area contributed by atoms with Gasteiger partial charge in [-0.05, 0) is 62.7 Å². The number of likely N-dealkylation sites (tertiary alicyclic amines) is 1. The van der Waals surface area contributed by atoms with Crippen LogP contribution in [0.1, 0.15) is 19.3 Å². The Labute approximate surface area is 180 Å². The van der Waals surface area contributed by atoms with Crippen LogP contribution in [0.25, 0.3) is 10.9 Å². The standard InChI is InChI=1S/C22H24ClFN4O2/c1-29-22-26-20-14-16(30-12-4-11-28-9-2-3-10-28)6-7-17(20)21(27-22)25-19-8-5-15(23)13-18(19)24/h5-8,13-14H,2-4,9-12H2,1H3,(H,25,26,27). The number of rotatable bonds is 8. The van der Waals surface area contributed by atoms with Crippen molar-refractivity contribution in [2.75, 3.05) is 38.7 Å². The summed E-state index contributed by atoms with van der Waals surface area (Å²) >= 11 is 5.84. The molecule has 0 bridgehead atoms. The molecule has 6 nitrogen and oxygen atoms in total. The summed E-state index contributed by atoms with van der Waals surface area (Å²) in [7, 11) is 1.49. The van der Waals surface area contributed by atoms with E-state index in [1.807, 2.05) is 18.2 Å². The molecule has 30 heavy (non-hydrogen) atoms. The van der Waals surface area contributed by atoms with E-state index in [9.17, 15) is 4.39 Å². The molecule has 2 heterocycles. The van der Waals surface area contributed by atoms with Crippen LogP contribution in [0.2, 0.25) is 5.02 Å². The molecule has 0 atom stereocenters. The first-order chi connectivity index (χ1) is 14.6. The number of hydrogen-bond donors (Lipinski definition) is 1. The Morgan fingerprint density at radius 1 is 1.13 bits per heavy atom. The van der Waals surface area contributed by atoms with Crippen LogP contribution in [0.4, 0.5) is 15.9 Å². The Kier molecular flexibility index (Phi) is 6.50. The van der Waals surface area contributed by atoms with Crippen LogP contribution in [-0.2, 0) is 0 Å². The SMILES string of the molecule is COc1nc(Nc2ccc(Cl)cc2F)c2ccc(OCCCN3CCCC3)cc2n1. The van der Waals surface area contributed by atoms with Gasteiger partial charge in [-0.2, -0.15) is 9.97 Å². The van der Waals surface area contributed by atoms with E-state index in [1.54, 1.807) is 12.1 Å². The topological polar surface area (TPSA) is 59.5 Å². The molecule has 8 heteroatoms. The summed E-state index contributed by atoms with van der Waals surface area (Å²) in [6, 6.07) is 10.2. The molecule has 4 rings (SSSR count). The number of methoxy groups -OCH3 is 1. The smallest absolute Gasteiger partial charge is 0.318 e. The Bertz CT molecular complexity index is 1030. The van der Waals surface area contributed by atoms with Gasteiger partial charge in [-0.25, -0.2) is 4.39 Å². The molecule has 0 amide bonds. The number of benzene rings is 2. The lowest BCUT2D eigenvalue weighted by molar-refractivity contribution is 0.263. The molecule has 0 aliphatic carbocycles. The van der Waals surface area contributed by atoms with Gasteiger partial charge in [0, 0.05) is 23.0 Å². The van der Waals surface area contributed by atoms with Crippen molar-refractivity contribution in [1.82, 2.24) is 14.9 Å². The number of ether oxygens (including phenoxy) is 2. The fraction of sp³-hybridized carbons (Fsp3) is 0.364. The van der Waals surface area contributed by atoms with Crippen molar-refractivity contribution in [2.45, 2.75) is 19.3 Å². The average molecular weight is 431 g/mol. The van der Waals surface area contributed by atoms with Crippen LogP contribution in [0, 0.1) is 5.82 Å². The summed E-state index contributed by atoms with van der Waals surface area (Å²) in [6.07, 6.45) is 3.57. The lowest BCUT2D eigenvalue weighted by Crippen LogP contribution is -2.21. The first-order valence-corrected chi connectivity index (χ1v) is 10.4. The number of aromatic nitrogens is 2. The number of fused-ring (bicyclic) bond motifs is 1. The number of nitrogens with one attached hydrogen (secondary N) is 1. The van der Waals surface area contributed by atoms with Crippen LogP contribution in [0.15, 0.2) is 36.4 Å². The van der Waals surface area contributed by atoms with Gasteiger partial charge < -0.3 is 19.7 Å².